The van der Waals surface area contributed by atoms with Gasteiger partial charge in [-0.2, -0.15) is 13.2 Å². The maximum atomic E-state index is 14.0. The monoisotopic (exact) mass is 304 g/mol. The highest BCUT2D eigenvalue weighted by atomic mass is 19.4. The number of rotatable bonds is 4. The quantitative estimate of drug-likeness (QED) is 0.867. The zero-order chi connectivity index (χ0) is 15.6. The fourth-order valence-corrected chi connectivity index (χ4v) is 2.26. The van der Waals surface area contributed by atoms with Crippen LogP contribution >= 0.6 is 0 Å². The van der Waals surface area contributed by atoms with E-state index in [1.54, 1.807) is 0 Å². The highest BCUT2D eigenvalue weighted by molar-refractivity contribution is 5.95. The van der Waals surface area contributed by atoms with E-state index >= 15 is 0 Å². The van der Waals surface area contributed by atoms with E-state index in [0.717, 1.165) is 12.1 Å². The van der Waals surface area contributed by atoms with Crippen molar-refractivity contribution in [1.29, 1.82) is 0 Å². The lowest BCUT2D eigenvalue weighted by molar-refractivity contribution is -0.140. The number of benzene rings is 1. The average Bonchev–Trinajstić information content (AvgIpc) is 2.34. The van der Waals surface area contributed by atoms with Crippen LogP contribution in [0.3, 0.4) is 0 Å². The summed E-state index contributed by atoms with van der Waals surface area (Å²) in [6.07, 6.45) is -4.16. The largest absolute Gasteiger partial charge is 0.419 e. The summed E-state index contributed by atoms with van der Waals surface area (Å²) < 4.78 is 52.1. The van der Waals surface area contributed by atoms with Gasteiger partial charge in [0.05, 0.1) is 17.2 Å². The van der Waals surface area contributed by atoms with Gasteiger partial charge in [-0.25, -0.2) is 4.39 Å². The molecule has 1 fully saturated rings. The number of alkyl halides is 3. The predicted octanol–water partition coefficient (Wildman–Crippen LogP) is 2.67. The molecule has 1 N–H and O–H groups in total. The summed E-state index contributed by atoms with van der Waals surface area (Å²) in [5, 5.41) is 2.99. The molecule has 0 bridgehead atoms. The number of nitrogens with zero attached hydrogens (tertiary/aromatic N) is 1. The number of carbonyl (C=O) groups is 1. The molecule has 0 spiro atoms. The van der Waals surface area contributed by atoms with Gasteiger partial charge >= 0.3 is 6.18 Å². The molecule has 1 aliphatic heterocycles. The Balaban J connectivity index is 2.33. The first-order valence-electron chi connectivity index (χ1n) is 6.73. The number of hydrogen-bond acceptors (Lipinski definition) is 2. The van der Waals surface area contributed by atoms with Crippen LogP contribution in [0.15, 0.2) is 18.2 Å². The standard InChI is InChI=1S/C14H16F4N2O/c1-2-6-20(9-7-19-8-9)13(21)10-4-3-5-11(12(10)15)14(16,17)18/h3-5,9,19H,2,6-8H2,1H3. The number of nitrogens with one attached hydrogen (secondary N) is 1. The number of halogens is 4. The topological polar surface area (TPSA) is 32.3 Å². The molecule has 0 aromatic heterocycles. The van der Waals surface area contributed by atoms with Crippen molar-refractivity contribution in [2.24, 2.45) is 0 Å². The minimum absolute atomic E-state index is 0.0913. The SMILES string of the molecule is CCCN(C(=O)c1cccc(C(F)(F)F)c1F)C1CNC1. The van der Waals surface area contributed by atoms with Gasteiger partial charge in [0, 0.05) is 19.6 Å². The molecule has 21 heavy (non-hydrogen) atoms. The van der Waals surface area contributed by atoms with E-state index in [1.807, 2.05) is 6.92 Å². The Morgan fingerprint density at radius 1 is 1.38 bits per heavy atom. The van der Waals surface area contributed by atoms with Crippen LogP contribution < -0.4 is 5.32 Å². The maximum absolute atomic E-state index is 14.0. The first kappa shape index (κ1) is 15.8. The molecule has 116 valence electrons. The Bertz CT molecular complexity index is 526. The van der Waals surface area contributed by atoms with Gasteiger partial charge in [-0.3, -0.25) is 4.79 Å². The van der Waals surface area contributed by atoms with Gasteiger partial charge in [-0.15, -0.1) is 0 Å². The van der Waals surface area contributed by atoms with Crippen LogP contribution in [-0.4, -0.2) is 36.5 Å². The first-order chi connectivity index (χ1) is 9.86. The van der Waals surface area contributed by atoms with Crippen LogP contribution in [0.2, 0.25) is 0 Å². The molecule has 7 heteroatoms. The first-order valence-corrected chi connectivity index (χ1v) is 6.73. The molecule has 1 heterocycles. The van der Waals surface area contributed by atoms with E-state index in [9.17, 15) is 22.4 Å². The summed E-state index contributed by atoms with van der Waals surface area (Å²) in [5.74, 6) is -2.18. The Morgan fingerprint density at radius 3 is 2.52 bits per heavy atom. The van der Waals surface area contributed by atoms with E-state index in [-0.39, 0.29) is 6.04 Å². The Morgan fingerprint density at radius 2 is 2.05 bits per heavy atom. The van der Waals surface area contributed by atoms with Crippen LogP contribution in [0.1, 0.15) is 29.3 Å². The van der Waals surface area contributed by atoms with Crippen molar-refractivity contribution >= 4 is 5.91 Å². The second-order valence-electron chi connectivity index (χ2n) is 4.98. The van der Waals surface area contributed by atoms with Gasteiger partial charge in [0.2, 0.25) is 0 Å². The Labute approximate surface area is 119 Å². The molecule has 1 aromatic rings. The lowest BCUT2D eigenvalue weighted by Crippen LogP contribution is -2.59. The fraction of sp³-hybridized carbons (Fsp3) is 0.500. The average molecular weight is 304 g/mol. The van der Waals surface area contributed by atoms with E-state index in [0.29, 0.717) is 32.1 Å². The number of amides is 1. The summed E-state index contributed by atoms with van der Waals surface area (Å²) in [5.41, 5.74) is -1.93. The van der Waals surface area contributed by atoms with Gasteiger partial charge in [-0.1, -0.05) is 13.0 Å². The third-order valence-corrected chi connectivity index (χ3v) is 3.46. The van der Waals surface area contributed by atoms with E-state index in [4.69, 9.17) is 0 Å². The van der Waals surface area contributed by atoms with Crippen molar-refractivity contribution in [3.8, 4) is 0 Å². The molecule has 0 saturated carbocycles. The molecule has 3 nitrogen and oxygen atoms in total. The molecule has 1 aromatic carbocycles. The fourth-order valence-electron chi connectivity index (χ4n) is 2.26. The van der Waals surface area contributed by atoms with Gasteiger partial charge in [0.15, 0.2) is 0 Å². The highest BCUT2D eigenvalue weighted by Crippen LogP contribution is 2.32. The molecule has 0 aliphatic carbocycles. The second kappa shape index (κ2) is 6.01. The summed E-state index contributed by atoms with van der Waals surface area (Å²) in [6, 6.07) is 2.71. The zero-order valence-electron chi connectivity index (χ0n) is 11.5. The van der Waals surface area contributed by atoms with E-state index < -0.39 is 29.0 Å². The van der Waals surface area contributed by atoms with E-state index in [2.05, 4.69) is 5.32 Å². The summed E-state index contributed by atoms with van der Waals surface area (Å²) >= 11 is 0. The molecule has 2 rings (SSSR count). The summed E-state index contributed by atoms with van der Waals surface area (Å²) in [7, 11) is 0. The minimum Gasteiger partial charge on any atom is -0.333 e. The molecule has 1 aliphatic rings. The van der Waals surface area contributed by atoms with Crippen molar-refractivity contribution in [3.63, 3.8) is 0 Å². The summed E-state index contributed by atoms with van der Waals surface area (Å²) in [4.78, 5) is 13.8. The number of carbonyl (C=O) groups excluding carboxylic acids is 1. The van der Waals surface area contributed by atoms with Gasteiger partial charge < -0.3 is 10.2 Å². The molecular weight excluding hydrogens is 288 g/mol. The Hall–Kier alpha value is -1.63. The van der Waals surface area contributed by atoms with Crippen LogP contribution in [0.4, 0.5) is 17.6 Å². The zero-order valence-corrected chi connectivity index (χ0v) is 11.5. The normalized spacial score (nSPS) is 15.7. The van der Waals surface area contributed by atoms with Crippen molar-refractivity contribution < 1.29 is 22.4 Å². The van der Waals surface area contributed by atoms with Crippen molar-refractivity contribution in [2.75, 3.05) is 19.6 Å². The molecular formula is C14H16F4N2O. The molecule has 0 radical (unpaired) electrons. The minimum atomic E-state index is -4.81. The van der Waals surface area contributed by atoms with Gasteiger partial charge in [0.25, 0.3) is 5.91 Å². The van der Waals surface area contributed by atoms with Crippen molar-refractivity contribution in [2.45, 2.75) is 25.6 Å². The molecule has 1 saturated heterocycles. The lowest BCUT2D eigenvalue weighted by Gasteiger charge is -2.38. The highest BCUT2D eigenvalue weighted by Gasteiger charge is 2.37. The molecule has 1 amide bonds. The molecule has 0 unspecified atom stereocenters. The van der Waals surface area contributed by atoms with Crippen molar-refractivity contribution in [3.05, 3.63) is 35.1 Å². The van der Waals surface area contributed by atoms with Crippen LogP contribution in [0.5, 0.6) is 0 Å². The third-order valence-electron chi connectivity index (χ3n) is 3.46. The summed E-state index contributed by atoms with van der Waals surface area (Å²) in [6.45, 7) is 3.40. The third kappa shape index (κ3) is 3.18. The number of hydrogen-bond donors (Lipinski definition) is 1. The van der Waals surface area contributed by atoms with E-state index in [1.165, 1.54) is 4.90 Å². The lowest BCUT2D eigenvalue weighted by atomic mass is 10.0. The smallest absolute Gasteiger partial charge is 0.333 e. The second-order valence-corrected chi connectivity index (χ2v) is 4.98. The van der Waals surface area contributed by atoms with Crippen LogP contribution in [-0.2, 0) is 6.18 Å². The predicted molar refractivity (Wildman–Crippen MR) is 69.4 cm³/mol. The molecule has 0 atom stereocenters. The van der Waals surface area contributed by atoms with Crippen molar-refractivity contribution in [1.82, 2.24) is 10.2 Å². The van der Waals surface area contributed by atoms with Crippen LogP contribution in [0.25, 0.3) is 0 Å². The maximum Gasteiger partial charge on any atom is 0.419 e. The van der Waals surface area contributed by atoms with Gasteiger partial charge in [-0.05, 0) is 18.6 Å². The Kier molecular flexibility index (Phi) is 4.51. The van der Waals surface area contributed by atoms with Crippen LogP contribution in [0, 0.1) is 5.82 Å². The van der Waals surface area contributed by atoms with Gasteiger partial charge in [0.1, 0.15) is 5.82 Å².